The van der Waals surface area contributed by atoms with E-state index in [2.05, 4.69) is 17.4 Å². The number of carbonyl (C=O) groups is 1. The van der Waals surface area contributed by atoms with Gasteiger partial charge in [-0.05, 0) is 43.4 Å². The van der Waals surface area contributed by atoms with Gasteiger partial charge in [-0.15, -0.1) is 0 Å². The summed E-state index contributed by atoms with van der Waals surface area (Å²) in [5.41, 5.74) is 1.36. The van der Waals surface area contributed by atoms with Gasteiger partial charge in [0.1, 0.15) is 5.60 Å². The van der Waals surface area contributed by atoms with Crippen LogP contribution in [0.15, 0.2) is 60.7 Å². The molecular weight excluding hydrogens is 274 g/mol. The zero-order valence-electron chi connectivity index (χ0n) is 12.6. The van der Waals surface area contributed by atoms with E-state index in [0.29, 0.717) is 0 Å². The number of carbonyl (C=O) groups excluding carboxylic acids is 1. The van der Waals surface area contributed by atoms with Gasteiger partial charge in [-0.2, -0.15) is 0 Å². The topological polar surface area (TPSA) is 38.3 Å². The lowest BCUT2D eigenvalue weighted by molar-refractivity contribution is -0.0140. The van der Waals surface area contributed by atoms with Crippen LogP contribution in [0.2, 0.25) is 0 Å². The van der Waals surface area contributed by atoms with Crippen LogP contribution < -0.4 is 5.32 Å². The third-order valence-electron chi connectivity index (χ3n) is 4.27. The lowest BCUT2D eigenvalue weighted by Crippen LogP contribution is -2.36. The number of amides is 1. The van der Waals surface area contributed by atoms with E-state index < -0.39 is 5.60 Å². The predicted octanol–water partition coefficient (Wildman–Crippen LogP) is 5.09. The predicted molar refractivity (Wildman–Crippen MR) is 87.8 cm³/mol. The van der Waals surface area contributed by atoms with Crippen molar-refractivity contribution in [3.05, 3.63) is 66.2 Å². The molecular formula is C19H21NO2. The van der Waals surface area contributed by atoms with Gasteiger partial charge in [-0.25, -0.2) is 4.79 Å². The zero-order chi connectivity index (χ0) is 15.3. The molecule has 2 aromatic rings. The molecule has 114 valence electrons. The van der Waals surface area contributed by atoms with Gasteiger partial charge in [-0.1, -0.05) is 55.0 Å². The third-order valence-corrected chi connectivity index (χ3v) is 4.27. The molecule has 1 aliphatic carbocycles. The third kappa shape index (κ3) is 3.30. The molecule has 1 fully saturated rings. The average molecular weight is 295 g/mol. The SMILES string of the molecule is O=C(Nc1ccccc1)OC1(c2ccccc2)CCCCC1. The summed E-state index contributed by atoms with van der Waals surface area (Å²) in [5, 5.41) is 2.82. The van der Waals surface area contributed by atoms with Gasteiger partial charge in [0.15, 0.2) is 0 Å². The first-order valence-electron chi connectivity index (χ1n) is 7.89. The highest BCUT2D eigenvalue weighted by Gasteiger charge is 2.37. The molecule has 1 N–H and O–H groups in total. The monoisotopic (exact) mass is 295 g/mol. The number of benzene rings is 2. The van der Waals surface area contributed by atoms with Crippen molar-refractivity contribution in [1.29, 1.82) is 0 Å². The van der Waals surface area contributed by atoms with Crippen molar-refractivity contribution in [3.63, 3.8) is 0 Å². The Morgan fingerprint density at radius 3 is 2.09 bits per heavy atom. The van der Waals surface area contributed by atoms with E-state index in [-0.39, 0.29) is 6.09 Å². The first-order chi connectivity index (χ1) is 10.8. The molecule has 1 amide bonds. The Morgan fingerprint density at radius 2 is 1.45 bits per heavy atom. The minimum atomic E-state index is -0.488. The van der Waals surface area contributed by atoms with Crippen LogP contribution in [-0.2, 0) is 10.3 Å². The molecule has 0 heterocycles. The van der Waals surface area contributed by atoms with Gasteiger partial charge >= 0.3 is 6.09 Å². The first-order valence-corrected chi connectivity index (χ1v) is 7.89. The summed E-state index contributed by atoms with van der Waals surface area (Å²) in [7, 11) is 0. The van der Waals surface area contributed by atoms with Crippen LogP contribution >= 0.6 is 0 Å². The Morgan fingerprint density at radius 1 is 0.864 bits per heavy atom. The van der Waals surface area contributed by atoms with E-state index >= 15 is 0 Å². The molecule has 2 aromatic carbocycles. The number of hydrogen-bond donors (Lipinski definition) is 1. The van der Waals surface area contributed by atoms with E-state index in [1.807, 2.05) is 48.5 Å². The van der Waals surface area contributed by atoms with E-state index in [9.17, 15) is 4.79 Å². The molecule has 0 unspecified atom stereocenters. The molecule has 3 rings (SSSR count). The minimum Gasteiger partial charge on any atom is -0.438 e. The largest absolute Gasteiger partial charge is 0.438 e. The number of para-hydroxylation sites is 1. The van der Waals surface area contributed by atoms with Crippen molar-refractivity contribution >= 4 is 11.8 Å². The summed E-state index contributed by atoms with van der Waals surface area (Å²) < 4.78 is 5.92. The van der Waals surface area contributed by atoms with E-state index in [0.717, 1.165) is 36.9 Å². The number of ether oxygens (including phenoxy) is 1. The normalized spacial score (nSPS) is 16.7. The summed E-state index contributed by atoms with van der Waals surface area (Å²) in [4.78, 5) is 12.3. The van der Waals surface area contributed by atoms with Gasteiger partial charge in [0.25, 0.3) is 0 Å². The molecule has 0 atom stereocenters. The maximum Gasteiger partial charge on any atom is 0.412 e. The van der Waals surface area contributed by atoms with Gasteiger partial charge < -0.3 is 4.74 Å². The van der Waals surface area contributed by atoms with Crippen molar-refractivity contribution in [2.24, 2.45) is 0 Å². The Hall–Kier alpha value is -2.29. The number of hydrogen-bond acceptors (Lipinski definition) is 2. The summed E-state index contributed by atoms with van der Waals surface area (Å²) in [5.74, 6) is 0. The quantitative estimate of drug-likeness (QED) is 0.856. The molecule has 0 radical (unpaired) electrons. The Kier molecular flexibility index (Phi) is 4.42. The highest BCUT2D eigenvalue weighted by molar-refractivity contribution is 5.84. The van der Waals surface area contributed by atoms with Crippen LogP contribution in [0.3, 0.4) is 0 Å². The van der Waals surface area contributed by atoms with Crippen LogP contribution in [-0.4, -0.2) is 6.09 Å². The lowest BCUT2D eigenvalue weighted by Gasteiger charge is -2.37. The van der Waals surface area contributed by atoms with Crippen LogP contribution in [0.1, 0.15) is 37.7 Å². The van der Waals surface area contributed by atoms with E-state index in [1.54, 1.807) is 0 Å². The van der Waals surface area contributed by atoms with E-state index in [1.165, 1.54) is 6.42 Å². The number of nitrogens with one attached hydrogen (secondary N) is 1. The van der Waals surface area contributed by atoms with Crippen LogP contribution in [0.25, 0.3) is 0 Å². The van der Waals surface area contributed by atoms with Crippen molar-refractivity contribution < 1.29 is 9.53 Å². The Labute approximate surface area is 131 Å². The van der Waals surface area contributed by atoms with Crippen molar-refractivity contribution in [3.8, 4) is 0 Å². The molecule has 0 aromatic heterocycles. The molecule has 3 heteroatoms. The summed E-state index contributed by atoms with van der Waals surface area (Å²) in [6, 6.07) is 19.5. The van der Waals surface area contributed by atoms with Gasteiger partial charge in [-0.3, -0.25) is 5.32 Å². The van der Waals surface area contributed by atoms with Crippen molar-refractivity contribution in [2.45, 2.75) is 37.7 Å². The fourth-order valence-corrected chi connectivity index (χ4v) is 3.16. The second-order valence-electron chi connectivity index (χ2n) is 5.80. The van der Waals surface area contributed by atoms with Crippen LogP contribution in [0, 0.1) is 0 Å². The van der Waals surface area contributed by atoms with Gasteiger partial charge in [0.05, 0.1) is 0 Å². The number of rotatable bonds is 3. The second kappa shape index (κ2) is 6.65. The van der Waals surface area contributed by atoms with Crippen LogP contribution in [0.5, 0.6) is 0 Å². The van der Waals surface area contributed by atoms with Crippen LogP contribution in [0.4, 0.5) is 10.5 Å². The Bertz CT molecular complexity index is 604. The molecule has 22 heavy (non-hydrogen) atoms. The van der Waals surface area contributed by atoms with Gasteiger partial charge in [0.2, 0.25) is 0 Å². The van der Waals surface area contributed by atoms with E-state index in [4.69, 9.17) is 4.74 Å². The highest BCUT2D eigenvalue weighted by Crippen LogP contribution is 2.40. The maximum absolute atomic E-state index is 12.3. The summed E-state index contributed by atoms with van der Waals surface area (Å²) in [6.45, 7) is 0. The molecule has 0 saturated heterocycles. The lowest BCUT2D eigenvalue weighted by atomic mass is 9.79. The molecule has 0 spiro atoms. The minimum absolute atomic E-state index is 0.378. The molecule has 1 saturated carbocycles. The smallest absolute Gasteiger partial charge is 0.412 e. The Balaban J connectivity index is 1.77. The fraction of sp³-hybridized carbons (Fsp3) is 0.316. The second-order valence-corrected chi connectivity index (χ2v) is 5.80. The molecule has 3 nitrogen and oxygen atoms in total. The van der Waals surface area contributed by atoms with Gasteiger partial charge in [0, 0.05) is 5.69 Å². The zero-order valence-corrected chi connectivity index (χ0v) is 12.6. The van der Waals surface area contributed by atoms with Crippen molar-refractivity contribution in [2.75, 3.05) is 5.32 Å². The molecule has 0 bridgehead atoms. The standard InChI is InChI=1S/C19H21NO2/c21-18(20-17-12-6-2-7-13-17)22-19(14-8-3-9-15-19)16-10-4-1-5-11-16/h1-2,4-7,10-13H,3,8-9,14-15H2,(H,20,21). The fourth-order valence-electron chi connectivity index (χ4n) is 3.16. The molecule has 0 aliphatic heterocycles. The van der Waals surface area contributed by atoms with Crippen molar-refractivity contribution in [1.82, 2.24) is 0 Å². The maximum atomic E-state index is 12.3. The highest BCUT2D eigenvalue weighted by atomic mass is 16.6. The summed E-state index contributed by atoms with van der Waals surface area (Å²) in [6.07, 6.45) is 4.79. The number of anilines is 1. The summed E-state index contributed by atoms with van der Waals surface area (Å²) >= 11 is 0. The molecule has 1 aliphatic rings. The first kappa shape index (κ1) is 14.6. The average Bonchev–Trinajstić information content (AvgIpc) is 2.57.